The molecule has 0 bridgehead atoms. The van der Waals surface area contributed by atoms with Crippen molar-refractivity contribution >= 4 is 44.8 Å². The molecular formula is C13H10BrClN2O. The minimum Gasteiger partial charge on any atom is -0.398 e. The Morgan fingerprint density at radius 3 is 2.61 bits per heavy atom. The Kier molecular flexibility index (Phi) is 3.89. The summed E-state index contributed by atoms with van der Waals surface area (Å²) in [5.41, 5.74) is 7.22. The van der Waals surface area contributed by atoms with Gasteiger partial charge in [0.1, 0.15) is 0 Å². The second kappa shape index (κ2) is 5.42. The molecule has 3 nitrogen and oxygen atoms in total. The number of halogens is 2. The van der Waals surface area contributed by atoms with Crippen molar-refractivity contribution in [1.29, 1.82) is 0 Å². The highest BCUT2D eigenvalue weighted by atomic mass is 79.9. The molecule has 0 aromatic heterocycles. The predicted octanol–water partition coefficient (Wildman–Crippen LogP) is 3.94. The van der Waals surface area contributed by atoms with Gasteiger partial charge in [-0.1, -0.05) is 23.7 Å². The van der Waals surface area contributed by atoms with Gasteiger partial charge >= 0.3 is 0 Å². The van der Waals surface area contributed by atoms with Crippen LogP contribution in [0.4, 0.5) is 11.4 Å². The number of nitrogen functional groups attached to an aromatic ring is 1. The van der Waals surface area contributed by atoms with Crippen LogP contribution in [-0.4, -0.2) is 5.91 Å². The lowest BCUT2D eigenvalue weighted by Gasteiger charge is -2.08. The first kappa shape index (κ1) is 12.9. The Bertz CT molecular complexity index is 601. The van der Waals surface area contributed by atoms with E-state index in [1.165, 1.54) is 0 Å². The first-order chi connectivity index (χ1) is 8.58. The maximum Gasteiger partial charge on any atom is 0.255 e. The van der Waals surface area contributed by atoms with Crippen LogP contribution >= 0.6 is 27.5 Å². The average Bonchev–Trinajstić information content (AvgIpc) is 2.35. The van der Waals surface area contributed by atoms with Crippen LogP contribution in [0.5, 0.6) is 0 Å². The number of benzene rings is 2. The molecule has 0 aliphatic heterocycles. The molecule has 0 aliphatic rings. The SMILES string of the molecule is Nc1cc(C(=O)Nc2ccccc2Br)ccc1Cl. The highest BCUT2D eigenvalue weighted by Crippen LogP contribution is 2.23. The zero-order valence-electron chi connectivity index (χ0n) is 9.28. The Morgan fingerprint density at radius 2 is 1.94 bits per heavy atom. The van der Waals surface area contributed by atoms with Crippen LogP contribution < -0.4 is 11.1 Å². The van der Waals surface area contributed by atoms with Gasteiger partial charge in [0.25, 0.3) is 5.91 Å². The van der Waals surface area contributed by atoms with E-state index in [2.05, 4.69) is 21.2 Å². The standard InChI is InChI=1S/C13H10BrClN2O/c14-9-3-1-2-4-12(9)17-13(18)8-5-6-10(15)11(16)7-8/h1-7H,16H2,(H,17,18). The Balaban J connectivity index is 2.22. The minimum absolute atomic E-state index is 0.231. The fourth-order valence-corrected chi connectivity index (χ4v) is 1.94. The monoisotopic (exact) mass is 324 g/mol. The van der Waals surface area contributed by atoms with Crippen molar-refractivity contribution < 1.29 is 4.79 Å². The van der Waals surface area contributed by atoms with Crippen molar-refractivity contribution in [1.82, 2.24) is 0 Å². The molecule has 0 aliphatic carbocycles. The van der Waals surface area contributed by atoms with Gasteiger partial charge in [0.05, 0.1) is 16.4 Å². The topological polar surface area (TPSA) is 55.1 Å². The Hall–Kier alpha value is -1.52. The van der Waals surface area contributed by atoms with Crippen LogP contribution in [0.3, 0.4) is 0 Å². The molecule has 0 saturated carbocycles. The zero-order valence-corrected chi connectivity index (χ0v) is 11.6. The van der Waals surface area contributed by atoms with Crippen LogP contribution in [-0.2, 0) is 0 Å². The molecule has 0 saturated heterocycles. The minimum atomic E-state index is -0.231. The number of nitrogens with one attached hydrogen (secondary N) is 1. The third-order valence-corrected chi connectivity index (χ3v) is 3.42. The second-order valence-electron chi connectivity index (χ2n) is 3.67. The summed E-state index contributed by atoms with van der Waals surface area (Å²) in [5, 5.41) is 3.23. The van der Waals surface area contributed by atoms with Gasteiger partial charge < -0.3 is 11.1 Å². The lowest BCUT2D eigenvalue weighted by Crippen LogP contribution is -2.12. The van der Waals surface area contributed by atoms with E-state index < -0.39 is 0 Å². The Labute approximate surface area is 118 Å². The fourth-order valence-electron chi connectivity index (χ4n) is 1.44. The van der Waals surface area contributed by atoms with Gasteiger partial charge in [-0.3, -0.25) is 4.79 Å². The van der Waals surface area contributed by atoms with Gasteiger partial charge in [-0.2, -0.15) is 0 Å². The molecule has 92 valence electrons. The van der Waals surface area contributed by atoms with Crippen molar-refractivity contribution in [2.75, 3.05) is 11.1 Å². The highest BCUT2D eigenvalue weighted by Gasteiger charge is 2.09. The van der Waals surface area contributed by atoms with Crippen LogP contribution in [0.15, 0.2) is 46.9 Å². The van der Waals surface area contributed by atoms with Crippen molar-refractivity contribution in [2.24, 2.45) is 0 Å². The van der Waals surface area contributed by atoms with E-state index in [1.54, 1.807) is 24.3 Å². The van der Waals surface area contributed by atoms with Crippen LogP contribution in [0.1, 0.15) is 10.4 Å². The summed E-state index contributed by atoms with van der Waals surface area (Å²) in [6, 6.07) is 12.2. The largest absolute Gasteiger partial charge is 0.398 e. The number of anilines is 2. The van der Waals surface area contributed by atoms with Gasteiger partial charge in [0, 0.05) is 10.0 Å². The zero-order chi connectivity index (χ0) is 13.1. The van der Waals surface area contributed by atoms with E-state index in [4.69, 9.17) is 17.3 Å². The molecule has 2 aromatic carbocycles. The predicted molar refractivity (Wildman–Crippen MR) is 78.0 cm³/mol. The fraction of sp³-hybridized carbons (Fsp3) is 0. The molecule has 0 heterocycles. The normalized spacial score (nSPS) is 10.1. The molecule has 1 amide bonds. The van der Waals surface area contributed by atoms with Crippen molar-refractivity contribution in [3.05, 3.63) is 57.5 Å². The summed E-state index contributed by atoms with van der Waals surface area (Å²) >= 11 is 9.17. The number of nitrogens with two attached hydrogens (primary N) is 1. The molecule has 2 rings (SSSR count). The summed E-state index contributed by atoms with van der Waals surface area (Å²) < 4.78 is 0.820. The van der Waals surface area contributed by atoms with Crippen molar-refractivity contribution in [3.8, 4) is 0 Å². The van der Waals surface area contributed by atoms with E-state index in [9.17, 15) is 4.79 Å². The molecule has 0 spiro atoms. The van der Waals surface area contributed by atoms with Crippen LogP contribution in [0, 0.1) is 0 Å². The van der Waals surface area contributed by atoms with Crippen molar-refractivity contribution in [3.63, 3.8) is 0 Å². The summed E-state index contributed by atoms with van der Waals surface area (Å²) in [4.78, 5) is 12.0. The molecule has 0 unspecified atom stereocenters. The number of hydrogen-bond donors (Lipinski definition) is 2. The number of amides is 1. The number of rotatable bonds is 2. The summed E-state index contributed by atoms with van der Waals surface area (Å²) in [7, 11) is 0. The van der Waals surface area contributed by atoms with Crippen LogP contribution in [0.25, 0.3) is 0 Å². The molecule has 2 aromatic rings. The molecule has 0 radical (unpaired) electrons. The smallest absolute Gasteiger partial charge is 0.255 e. The maximum absolute atomic E-state index is 12.0. The summed E-state index contributed by atoms with van der Waals surface area (Å²) in [5.74, 6) is -0.231. The first-order valence-electron chi connectivity index (χ1n) is 5.19. The number of para-hydroxylation sites is 1. The first-order valence-corrected chi connectivity index (χ1v) is 6.36. The number of carbonyl (C=O) groups is 1. The summed E-state index contributed by atoms with van der Waals surface area (Å²) in [6.45, 7) is 0. The van der Waals surface area contributed by atoms with Gasteiger partial charge in [-0.15, -0.1) is 0 Å². The quantitative estimate of drug-likeness (QED) is 0.822. The summed E-state index contributed by atoms with van der Waals surface area (Å²) in [6.07, 6.45) is 0. The lowest BCUT2D eigenvalue weighted by atomic mass is 10.2. The van der Waals surface area contributed by atoms with Gasteiger partial charge in [0.2, 0.25) is 0 Å². The number of carbonyl (C=O) groups excluding carboxylic acids is 1. The Morgan fingerprint density at radius 1 is 1.22 bits per heavy atom. The second-order valence-corrected chi connectivity index (χ2v) is 4.93. The molecule has 0 atom stereocenters. The van der Waals surface area contributed by atoms with E-state index in [0.717, 1.165) is 4.47 Å². The lowest BCUT2D eigenvalue weighted by molar-refractivity contribution is 0.102. The third kappa shape index (κ3) is 2.83. The maximum atomic E-state index is 12.0. The molecule has 18 heavy (non-hydrogen) atoms. The molecule has 5 heteroatoms. The third-order valence-electron chi connectivity index (χ3n) is 2.38. The highest BCUT2D eigenvalue weighted by molar-refractivity contribution is 9.10. The van der Waals surface area contributed by atoms with E-state index in [-0.39, 0.29) is 5.91 Å². The van der Waals surface area contributed by atoms with E-state index in [0.29, 0.717) is 22.0 Å². The number of hydrogen-bond acceptors (Lipinski definition) is 2. The molecule has 3 N–H and O–H groups in total. The van der Waals surface area contributed by atoms with Gasteiger partial charge in [-0.25, -0.2) is 0 Å². The van der Waals surface area contributed by atoms with Gasteiger partial charge in [-0.05, 0) is 46.3 Å². The van der Waals surface area contributed by atoms with Crippen molar-refractivity contribution in [2.45, 2.75) is 0 Å². The van der Waals surface area contributed by atoms with Crippen LogP contribution in [0.2, 0.25) is 5.02 Å². The van der Waals surface area contributed by atoms with E-state index >= 15 is 0 Å². The van der Waals surface area contributed by atoms with E-state index in [1.807, 2.05) is 18.2 Å². The average molecular weight is 326 g/mol. The molecular weight excluding hydrogens is 316 g/mol. The molecule has 0 fully saturated rings. The van der Waals surface area contributed by atoms with Gasteiger partial charge in [0.15, 0.2) is 0 Å².